The van der Waals surface area contributed by atoms with E-state index < -0.39 is 0 Å². The molecule has 6 nitrogen and oxygen atoms in total. The topological polar surface area (TPSA) is 68.0 Å². The van der Waals surface area contributed by atoms with E-state index in [2.05, 4.69) is 48.1 Å². The highest BCUT2D eigenvalue weighted by atomic mass is 32.1. The number of benzene rings is 2. The van der Waals surface area contributed by atoms with Crippen LogP contribution in [0.4, 0.5) is 5.69 Å². The average Bonchev–Trinajstić information content (AvgIpc) is 3.18. The number of carbonyl (C=O) groups is 1. The molecule has 1 amide bonds. The summed E-state index contributed by atoms with van der Waals surface area (Å²) < 4.78 is 7.30. The van der Waals surface area contributed by atoms with Crippen molar-refractivity contribution in [3.8, 4) is 17.0 Å². The van der Waals surface area contributed by atoms with Crippen LogP contribution < -0.4 is 14.9 Å². The fraction of sp³-hybridized carbons (Fsp3) is 0.208. The number of hydrogen-bond acceptors (Lipinski definition) is 5. The molecule has 0 atom stereocenters. The van der Waals surface area contributed by atoms with Gasteiger partial charge in [0.05, 0.1) is 24.1 Å². The van der Waals surface area contributed by atoms with Crippen LogP contribution in [0, 0.1) is 0 Å². The van der Waals surface area contributed by atoms with E-state index in [4.69, 9.17) is 9.84 Å². The lowest BCUT2D eigenvalue weighted by molar-refractivity contribution is -0.118. The molecular formula is C24H24N4O2S. The summed E-state index contributed by atoms with van der Waals surface area (Å²) in [6.07, 6.45) is 2.84. The summed E-state index contributed by atoms with van der Waals surface area (Å²) >= 11 is 1.51. The first-order valence-corrected chi connectivity index (χ1v) is 11.0. The Bertz CT molecular complexity index is 1220. The molecular weight excluding hydrogens is 408 g/mol. The zero-order valence-corrected chi connectivity index (χ0v) is 18.4. The van der Waals surface area contributed by atoms with Crippen molar-refractivity contribution in [2.45, 2.75) is 20.3 Å². The average molecular weight is 433 g/mol. The number of thiazole rings is 1. The Kier molecular flexibility index (Phi) is 6.13. The largest absolute Gasteiger partial charge is 0.482 e. The second-order valence-corrected chi connectivity index (χ2v) is 8.21. The third kappa shape index (κ3) is 4.83. The number of amides is 1. The summed E-state index contributed by atoms with van der Waals surface area (Å²) in [5.74, 6) is 0.505. The van der Waals surface area contributed by atoms with Crippen molar-refractivity contribution >= 4 is 29.1 Å². The fourth-order valence-corrected chi connectivity index (χ4v) is 3.96. The number of hydrogen-bond donors (Lipinski definition) is 1. The Hall–Kier alpha value is -3.45. The first-order valence-electron chi connectivity index (χ1n) is 10.1. The molecule has 0 spiro atoms. The monoisotopic (exact) mass is 432 g/mol. The molecule has 0 saturated carbocycles. The Morgan fingerprint density at radius 3 is 2.84 bits per heavy atom. The summed E-state index contributed by atoms with van der Waals surface area (Å²) in [5.41, 5.74) is 5.74. The smallest absolute Gasteiger partial charge is 0.262 e. The van der Waals surface area contributed by atoms with Crippen LogP contribution in [0.1, 0.15) is 25.0 Å². The standard InChI is InChI=1S/C24H24N4O2S/c1-4-17-5-7-18(8-6-17)13-26-28-21(15-31-24(28)25-12-16(2)3)19-9-10-22-20(11-19)27-23(29)14-30-22/h5-11,13,15H,2,4,12,14H2,1,3H3,(H,27,29). The van der Waals surface area contributed by atoms with Crippen molar-refractivity contribution in [1.82, 2.24) is 4.68 Å². The molecule has 2 aromatic carbocycles. The second-order valence-electron chi connectivity index (χ2n) is 7.38. The van der Waals surface area contributed by atoms with Crippen molar-refractivity contribution in [2.24, 2.45) is 10.1 Å². The van der Waals surface area contributed by atoms with Crippen molar-refractivity contribution in [1.29, 1.82) is 0 Å². The van der Waals surface area contributed by atoms with Gasteiger partial charge in [-0.1, -0.05) is 43.3 Å². The fourth-order valence-electron chi connectivity index (χ4n) is 3.13. The van der Waals surface area contributed by atoms with Gasteiger partial charge in [-0.3, -0.25) is 9.79 Å². The molecule has 0 aliphatic carbocycles. The number of anilines is 1. The van der Waals surface area contributed by atoms with Crippen molar-refractivity contribution in [2.75, 3.05) is 18.5 Å². The van der Waals surface area contributed by atoms with Crippen LogP contribution in [0.3, 0.4) is 0 Å². The molecule has 1 aliphatic heterocycles. The maximum atomic E-state index is 11.7. The van der Waals surface area contributed by atoms with Crippen LogP contribution >= 0.6 is 11.3 Å². The Morgan fingerprint density at radius 2 is 2.10 bits per heavy atom. The predicted molar refractivity (Wildman–Crippen MR) is 126 cm³/mol. The second kappa shape index (κ2) is 9.14. The molecule has 1 N–H and O–H groups in total. The van der Waals surface area contributed by atoms with E-state index in [0.29, 0.717) is 18.0 Å². The normalized spacial score (nSPS) is 13.7. The lowest BCUT2D eigenvalue weighted by Crippen LogP contribution is -2.25. The van der Waals surface area contributed by atoms with E-state index in [1.165, 1.54) is 16.9 Å². The lowest BCUT2D eigenvalue weighted by atomic mass is 10.1. The number of fused-ring (bicyclic) bond motifs is 1. The van der Waals surface area contributed by atoms with Gasteiger partial charge in [0.25, 0.3) is 5.91 Å². The van der Waals surface area contributed by atoms with Crippen LogP contribution in [0.15, 0.2) is 70.1 Å². The van der Waals surface area contributed by atoms with Gasteiger partial charge in [-0.05, 0) is 42.7 Å². The quantitative estimate of drug-likeness (QED) is 0.461. The van der Waals surface area contributed by atoms with Crippen molar-refractivity contribution < 1.29 is 9.53 Å². The number of nitrogens with zero attached hydrogens (tertiary/aromatic N) is 3. The van der Waals surface area contributed by atoms with Crippen LogP contribution in [-0.4, -0.2) is 29.9 Å². The molecule has 0 radical (unpaired) electrons. The van der Waals surface area contributed by atoms with Crippen LogP contribution in [0.25, 0.3) is 11.3 Å². The SMILES string of the molecule is C=C(C)CN=c1scc(-c2ccc3c(c2)NC(=O)CO3)n1N=Cc1ccc(CC)cc1. The van der Waals surface area contributed by atoms with Gasteiger partial charge in [0.15, 0.2) is 6.61 Å². The first kappa shape index (κ1) is 20.8. The molecule has 158 valence electrons. The predicted octanol–water partition coefficient (Wildman–Crippen LogP) is 4.47. The van der Waals surface area contributed by atoms with E-state index in [1.54, 1.807) is 0 Å². The van der Waals surface area contributed by atoms with E-state index in [-0.39, 0.29) is 12.5 Å². The molecule has 0 fully saturated rings. The summed E-state index contributed by atoms with van der Waals surface area (Å²) in [6.45, 7) is 8.60. The highest BCUT2D eigenvalue weighted by Crippen LogP contribution is 2.32. The van der Waals surface area contributed by atoms with Crippen LogP contribution in [-0.2, 0) is 11.2 Å². The summed E-state index contributed by atoms with van der Waals surface area (Å²) in [6, 6.07) is 14.1. The molecule has 7 heteroatoms. The molecule has 31 heavy (non-hydrogen) atoms. The van der Waals surface area contributed by atoms with Gasteiger partial charge >= 0.3 is 0 Å². The van der Waals surface area contributed by atoms with E-state index >= 15 is 0 Å². The number of ether oxygens (including phenoxy) is 1. The number of aromatic nitrogens is 1. The van der Waals surface area contributed by atoms with Gasteiger partial charge in [-0.25, -0.2) is 4.68 Å². The van der Waals surface area contributed by atoms with Gasteiger partial charge in [0, 0.05) is 10.9 Å². The minimum Gasteiger partial charge on any atom is -0.482 e. The van der Waals surface area contributed by atoms with Crippen molar-refractivity contribution in [3.63, 3.8) is 0 Å². The van der Waals surface area contributed by atoms with E-state index in [0.717, 1.165) is 33.6 Å². The molecule has 1 aromatic heterocycles. The highest BCUT2D eigenvalue weighted by Gasteiger charge is 2.17. The lowest BCUT2D eigenvalue weighted by Gasteiger charge is -2.18. The molecule has 4 rings (SSSR count). The molecule has 0 unspecified atom stereocenters. The minimum atomic E-state index is -0.159. The number of rotatable bonds is 6. The molecule has 2 heterocycles. The third-order valence-electron chi connectivity index (χ3n) is 4.79. The van der Waals surface area contributed by atoms with Gasteiger partial charge in [-0.2, -0.15) is 5.10 Å². The molecule has 0 bridgehead atoms. The van der Waals surface area contributed by atoms with Gasteiger partial charge < -0.3 is 10.1 Å². The van der Waals surface area contributed by atoms with Crippen LogP contribution in [0.5, 0.6) is 5.75 Å². The molecule has 0 saturated heterocycles. The first-order chi connectivity index (χ1) is 15.0. The van der Waals surface area contributed by atoms with E-state index in [9.17, 15) is 4.79 Å². The zero-order valence-electron chi connectivity index (χ0n) is 17.6. The molecule has 3 aromatic rings. The summed E-state index contributed by atoms with van der Waals surface area (Å²) in [7, 11) is 0. The third-order valence-corrected chi connectivity index (χ3v) is 5.64. The van der Waals surface area contributed by atoms with Gasteiger partial charge in [0.1, 0.15) is 5.75 Å². The number of aryl methyl sites for hydroxylation is 1. The maximum Gasteiger partial charge on any atom is 0.262 e. The number of nitrogens with one attached hydrogen (secondary N) is 1. The summed E-state index contributed by atoms with van der Waals surface area (Å²) in [5, 5.41) is 9.61. The molecule has 1 aliphatic rings. The van der Waals surface area contributed by atoms with Gasteiger partial charge in [-0.15, -0.1) is 11.3 Å². The van der Waals surface area contributed by atoms with Crippen molar-refractivity contribution in [3.05, 3.63) is 75.9 Å². The Labute approximate surface area is 185 Å². The maximum absolute atomic E-state index is 11.7. The summed E-state index contributed by atoms with van der Waals surface area (Å²) in [4.78, 5) is 17.2. The Morgan fingerprint density at radius 1 is 1.29 bits per heavy atom. The van der Waals surface area contributed by atoms with Crippen LogP contribution in [0.2, 0.25) is 0 Å². The van der Waals surface area contributed by atoms with Gasteiger partial charge in [0.2, 0.25) is 4.80 Å². The zero-order chi connectivity index (χ0) is 21.8. The Balaban J connectivity index is 1.75. The van der Waals surface area contributed by atoms with E-state index in [1.807, 2.05) is 41.4 Å². The minimum absolute atomic E-state index is 0.0375. The number of carbonyl (C=O) groups excluding carboxylic acids is 1. The highest BCUT2D eigenvalue weighted by molar-refractivity contribution is 7.07.